The molecule has 0 bridgehead atoms. The highest BCUT2D eigenvalue weighted by Gasteiger charge is 2.45. The molecule has 2 heterocycles. The average molecular weight is 435 g/mol. The number of benzene rings is 1. The largest absolute Gasteiger partial charge is 0.464 e. The Bertz CT molecular complexity index is 1030. The summed E-state index contributed by atoms with van der Waals surface area (Å²) in [6.07, 6.45) is 4.72. The number of nitrogens with zero attached hydrogens (tertiary/aromatic N) is 5. The van der Waals surface area contributed by atoms with E-state index >= 15 is 4.39 Å². The monoisotopic (exact) mass is 435 g/mol. The Labute approximate surface area is 176 Å². The van der Waals surface area contributed by atoms with Crippen LogP contribution in [0.3, 0.4) is 0 Å². The van der Waals surface area contributed by atoms with Crippen LogP contribution in [0.1, 0.15) is 31.0 Å². The summed E-state index contributed by atoms with van der Waals surface area (Å²) in [6, 6.07) is 2.91. The molecule has 0 saturated carbocycles. The quantitative estimate of drug-likeness (QED) is 0.477. The first-order valence-electron chi connectivity index (χ1n) is 9.40. The molecule has 1 aromatic carbocycles. The Morgan fingerprint density at radius 1 is 1.19 bits per heavy atom. The van der Waals surface area contributed by atoms with Gasteiger partial charge in [0, 0.05) is 17.5 Å². The fraction of sp³-hybridized carbons (Fsp3) is 0.350. The van der Waals surface area contributed by atoms with E-state index in [1.807, 2.05) is 0 Å². The lowest BCUT2D eigenvalue weighted by molar-refractivity contribution is -0.160. The van der Waals surface area contributed by atoms with E-state index in [4.69, 9.17) is 9.47 Å². The third-order valence-corrected chi connectivity index (χ3v) is 4.81. The molecule has 0 spiro atoms. The predicted molar refractivity (Wildman–Crippen MR) is 101 cm³/mol. The summed E-state index contributed by atoms with van der Waals surface area (Å²) < 4.78 is 55.5. The number of carbonyl (C=O) groups excluding carboxylic acids is 1. The SMILES string of the molecule is CCOC(=O)CO[C@@](Cn1cncn1)(c1ccc(F)cc1F)[C@@H](C)c1ncncc1F. The molecule has 3 rings (SSSR count). The zero-order valence-electron chi connectivity index (χ0n) is 16.8. The topological polar surface area (TPSA) is 92.0 Å². The molecule has 164 valence electrons. The van der Waals surface area contributed by atoms with Crippen LogP contribution in [-0.4, -0.2) is 43.9 Å². The van der Waals surface area contributed by atoms with Crippen molar-refractivity contribution in [2.75, 3.05) is 13.2 Å². The van der Waals surface area contributed by atoms with Gasteiger partial charge in [-0.15, -0.1) is 0 Å². The third kappa shape index (κ3) is 4.88. The van der Waals surface area contributed by atoms with Crippen molar-refractivity contribution in [3.8, 4) is 0 Å². The van der Waals surface area contributed by atoms with Crippen molar-refractivity contribution in [1.29, 1.82) is 0 Å². The van der Waals surface area contributed by atoms with Crippen LogP contribution in [0.4, 0.5) is 13.2 Å². The summed E-state index contributed by atoms with van der Waals surface area (Å²) in [7, 11) is 0. The van der Waals surface area contributed by atoms with Crippen LogP contribution >= 0.6 is 0 Å². The standard InChI is InChI=1S/C20H20F3N5O3/c1-3-30-18(29)8-31-20(9-28-12-25-11-27-28,15-5-4-14(21)6-16(15)22)13(2)19-17(23)7-24-10-26-19/h4-7,10-13H,3,8-9H2,1-2H3/t13-,20+/m0/s1. The highest BCUT2D eigenvalue weighted by Crippen LogP contribution is 2.43. The first-order valence-corrected chi connectivity index (χ1v) is 9.40. The molecule has 0 aliphatic carbocycles. The number of ether oxygens (including phenoxy) is 2. The van der Waals surface area contributed by atoms with Crippen LogP contribution in [-0.2, 0) is 26.4 Å². The molecular weight excluding hydrogens is 415 g/mol. The van der Waals surface area contributed by atoms with Crippen LogP contribution in [0.15, 0.2) is 43.4 Å². The third-order valence-electron chi connectivity index (χ3n) is 4.81. The Balaban J connectivity index is 2.18. The molecule has 0 N–H and O–H groups in total. The van der Waals surface area contributed by atoms with Crippen LogP contribution in [0.5, 0.6) is 0 Å². The molecule has 0 fully saturated rings. The van der Waals surface area contributed by atoms with Gasteiger partial charge in [-0.2, -0.15) is 5.10 Å². The highest BCUT2D eigenvalue weighted by molar-refractivity contribution is 5.70. The first-order chi connectivity index (χ1) is 14.9. The maximum atomic E-state index is 15.0. The number of carbonyl (C=O) groups is 1. The van der Waals surface area contributed by atoms with Gasteiger partial charge < -0.3 is 9.47 Å². The molecule has 0 amide bonds. The van der Waals surface area contributed by atoms with Gasteiger partial charge in [-0.05, 0) is 13.0 Å². The van der Waals surface area contributed by atoms with Crippen LogP contribution < -0.4 is 0 Å². The van der Waals surface area contributed by atoms with Gasteiger partial charge in [0.15, 0.2) is 5.82 Å². The second kappa shape index (κ2) is 9.65. The van der Waals surface area contributed by atoms with Crippen LogP contribution in [0.25, 0.3) is 0 Å². The first kappa shape index (κ1) is 22.3. The van der Waals surface area contributed by atoms with E-state index in [0.29, 0.717) is 6.07 Å². The van der Waals surface area contributed by atoms with E-state index in [0.717, 1.165) is 18.6 Å². The molecule has 11 heteroatoms. The molecule has 0 saturated heterocycles. The van der Waals surface area contributed by atoms with Gasteiger partial charge in [-0.25, -0.2) is 37.6 Å². The Morgan fingerprint density at radius 3 is 2.65 bits per heavy atom. The van der Waals surface area contributed by atoms with Gasteiger partial charge in [-0.3, -0.25) is 0 Å². The zero-order chi connectivity index (χ0) is 22.4. The zero-order valence-corrected chi connectivity index (χ0v) is 16.8. The van der Waals surface area contributed by atoms with Gasteiger partial charge in [0.2, 0.25) is 0 Å². The van der Waals surface area contributed by atoms with Crippen molar-refractivity contribution in [3.63, 3.8) is 0 Å². The number of hydrogen-bond donors (Lipinski definition) is 0. The highest BCUT2D eigenvalue weighted by atomic mass is 19.1. The minimum Gasteiger partial charge on any atom is -0.464 e. The van der Waals surface area contributed by atoms with E-state index in [9.17, 15) is 13.6 Å². The maximum Gasteiger partial charge on any atom is 0.332 e. The van der Waals surface area contributed by atoms with Crippen molar-refractivity contribution < 1.29 is 27.4 Å². The van der Waals surface area contributed by atoms with E-state index < -0.39 is 41.5 Å². The lowest BCUT2D eigenvalue weighted by Gasteiger charge is -2.39. The average Bonchev–Trinajstić information content (AvgIpc) is 3.24. The molecule has 0 unspecified atom stereocenters. The number of halogens is 3. The summed E-state index contributed by atoms with van der Waals surface area (Å²) in [4.78, 5) is 23.5. The molecule has 2 atom stereocenters. The maximum absolute atomic E-state index is 15.0. The molecule has 0 aliphatic rings. The molecule has 31 heavy (non-hydrogen) atoms. The predicted octanol–water partition coefficient (Wildman–Crippen LogP) is 2.76. The Kier molecular flexibility index (Phi) is 6.95. The van der Waals surface area contributed by atoms with E-state index in [1.165, 1.54) is 23.4 Å². The lowest BCUT2D eigenvalue weighted by Crippen LogP contribution is -2.43. The van der Waals surface area contributed by atoms with Gasteiger partial charge in [-0.1, -0.05) is 13.0 Å². The summed E-state index contributed by atoms with van der Waals surface area (Å²) in [5.74, 6) is -4.16. The van der Waals surface area contributed by atoms with Crippen molar-refractivity contribution in [2.24, 2.45) is 0 Å². The van der Waals surface area contributed by atoms with Gasteiger partial charge in [0.05, 0.1) is 25.0 Å². The molecule has 0 radical (unpaired) electrons. The smallest absolute Gasteiger partial charge is 0.332 e. The van der Waals surface area contributed by atoms with Crippen molar-refractivity contribution in [2.45, 2.75) is 31.9 Å². The van der Waals surface area contributed by atoms with E-state index in [2.05, 4.69) is 20.1 Å². The summed E-state index contributed by atoms with van der Waals surface area (Å²) >= 11 is 0. The lowest BCUT2D eigenvalue weighted by atomic mass is 9.79. The van der Waals surface area contributed by atoms with E-state index in [-0.39, 0.29) is 24.4 Å². The fourth-order valence-corrected chi connectivity index (χ4v) is 3.34. The second-order valence-corrected chi connectivity index (χ2v) is 6.68. The number of rotatable bonds is 9. The summed E-state index contributed by atoms with van der Waals surface area (Å²) in [5, 5.41) is 4.02. The normalized spacial score (nSPS) is 14.1. The molecular formula is C20H20F3N5O3. The number of esters is 1. The fourth-order valence-electron chi connectivity index (χ4n) is 3.34. The van der Waals surface area contributed by atoms with Crippen molar-refractivity contribution in [3.05, 3.63) is 72.1 Å². The minimum absolute atomic E-state index is 0.0808. The molecule has 8 nitrogen and oxygen atoms in total. The number of aromatic nitrogens is 5. The summed E-state index contributed by atoms with van der Waals surface area (Å²) in [5.41, 5.74) is -1.92. The molecule has 0 aliphatic heterocycles. The van der Waals surface area contributed by atoms with Crippen molar-refractivity contribution >= 4 is 5.97 Å². The van der Waals surface area contributed by atoms with Gasteiger partial charge >= 0.3 is 5.97 Å². The van der Waals surface area contributed by atoms with Gasteiger partial charge in [0.1, 0.15) is 42.8 Å². The Morgan fingerprint density at radius 2 is 2.00 bits per heavy atom. The molecule has 2 aromatic heterocycles. The van der Waals surface area contributed by atoms with Gasteiger partial charge in [0.25, 0.3) is 0 Å². The summed E-state index contributed by atoms with van der Waals surface area (Å²) in [6.45, 7) is 2.53. The minimum atomic E-state index is -1.73. The molecule has 3 aromatic rings. The van der Waals surface area contributed by atoms with Crippen LogP contribution in [0, 0.1) is 17.5 Å². The number of hydrogen-bond acceptors (Lipinski definition) is 7. The second-order valence-electron chi connectivity index (χ2n) is 6.68. The van der Waals surface area contributed by atoms with Crippen molar-refractivity contribution in [1.82, 2.24) is 24.7 Å². The Hall–Kier alpha value is -3.34. The van der Waals surface area contributed by atoms with E-state index in [1.54, 1.807) is 13.8 Å². The van der Waals surface area contributed by atoms with Crippen LogP contribution in [0.2, 0.25) is 0 Å².